The third-order valence-corrected chi connectivity index (χ3v) is 3.68. The fraction of sp³-hybridized carbons (Fsp3) is 0.0714. The number of hydrogen-bond acceptors (Lipinski definition) is 2. The van der Waals surface area contributed by atoms with Crippen LogP contribution < -0.4 is 0 Å². The summed E-state index contributed by atoms with van der Waals surface area (Å²) in [6, 6.07) is 10.9. The molecule has 1 nitrogen and oxygen atoms in total. The van der Waals surface area contributed by atoms with Gasteiger partial charge in [0.15, 0.2) is 0 Å². The fourth-order valence-corrected chi connectivity index (χ4v) is 2.66. The molecule has 0 spiro atoms. The molecule has 0 bridgehead atoms. The largest absolute Gasteiger partial charge is 0.416 e. The van der Waals surface area contributed by atoms with Gasteiger partial charge in [0.25, 0.3) is 0 Å². The van der Waals surface area contributed by atoms with Crippen molar-refractivity contribution in [2.45, 2.75) is 6.18 Å². The molecule has 1 heterocycles. The maximum Gasteiger partial charge on any atom is 0.416 e. The number of para-hydroxylation sites is 1. The van der Waals surface area contributed by atoms with Gasteiger partial charge >= 0.3 is 6.18 Å². The van der Waals surface area contributed by atoms with Crippen molar-refractivity contribution in [1.29, 1.82) is 0 Å². The molecule has 0 atom stereocenters. The minimum Gasteiger partial charge on any atom is -0.244 e. The van der Waals surface area contributed by atoms with E-state index in [2.05, 4.69) is 4.98 Å². The van der Waals surface area contributed by atoms with Crippen LogP contribution in [0.5, 0.6) is 0 Å². The second-order valence-electron chi connectivity index (χ2n) is 4.08. The van der Waals surface area contributed by atoms with Gasteiger partial charge in [0.2, 0.25) is 0 Å². The Morgan fingerprint density at radius 1 is 0.947 bits per heavy atom. The SMILES string of the molecule is FC(F)(F)c1ccc(-c2cccc3scnc23)cc1. The van der Waals surface area contributed by atoms with Gasteiger partial charge in [-0.25, -0.2) is 4.98 Å². The van der Waals surface area contributed by atoms with E-state index in [1.54, 1.807) is 5.51 Å². The van der Waals surface area contributed by atoms with Crippen LogP contribution in [-0.2, 0) is 6.18 Å². The molecule has 0 unspecified atom stereocenters. The van der Waals surface area contributed by atoms with E-state index in [9.17, 15) is 13.2 Å². The van der Waals surface area contributed by atoms with Gasteiger partial charge in [-0.15, -0.1) is 11.3 Å². The topological polar surface area (TPSA) is 12.9 Å². The highest BCUT2D eigenvalue weighted by atomic mass is 32.1. The van der Waals surface area contributed by atoms with E-state index in [0.29, 0.717) is 0 Å². The molecule has 0 aliphatic heterocycles. The Morgan fingerprint density at radius 3 is 2.37 bits per heavy atom. The third-order valence-electron chi connectivity index (χ3n) is 2.88. The van der Waals surface area contributed by atoms with E-state index >= 15 is 0 Å². The Morgan fingerprint density at radius 2 is 1.68 bits per heavy atom. The van der Waals surface area contributed by atoms with E-state index in [1.807, 2.05) is 18.2 Å². The minimum atomic E-state index is -4.30. The standard InChI is InChI=1S/C14H8F3NS/c15-14(16,17)10-6-4-9(5-7-10)11-2-1-3-12-13(11)18-8-19-12/h1-8H. The molecule has 3 rings (SSSR count). The molecule has 0 aliphatic rings. The Bertz CT molecular complexity index is 713. The molecule has 0 aliphatic carbocycles. The van der Waals surface area contributed by atoms with Crippen molar-refractivity contribution in [2.75, 3.05) is 0 Å². The Hall–Kier alpha value is -1.88. The zero-order valence-electron chi connectivity index (χ0n) is 9.61. The first-order valence-electron chi connectivity index (χ1n) is 5.55. The molecule has 0 amide bonds. The van der Waals surface area contributed by atoms with Crippen LogP contribution in [0.25, 0.3) is 21.3 Å². The summed E-state index contributed by atoms with van der Waals surface area (Å²) in [7, 11) is 0. The molecule has 96 valence electrons. The Balaban J connectivity index is 2.10. The molecular formula is C14H8F3NS. The summed E-state index contributed by atoms with van der Waals surface area (Å²) in [5, 5.41) is 0. The molecule has 0 saturated carbocycles. The first kappa shape index (κ1) is 12.2. The molecular weight excluding hydrogens is 271 g/mol. The van der Waals surface area contributed by atoms with Crippen LogP contribution in [-0.4, -0.2) is 4.98 Å². The monoisotopic (exact) mass is 279 g/mol. The van der Waals surface area contributed by atoms with Gasteiger partial charge in [-0.05, 0) is 23.8 Å². The van der Waals surface area contributed by atoms with Crippen LogP contribution >= 0.6 is 11.3 Å². The summed E-state index contributed by atoms with van der Waals surface area (Å²) in [6.45, 7) is 0. The highest BCUT2D eigenvalue weighted by Gasteiger charge is 2.30. The molecule has 0 radical (unpaired) electrons. The van der Waals surface area contributed by atoms with E-state index in [0.717, 1.165) is 33.5 Å². The average molecular weight is 279 g/mol. The number of aromatic nitrogens is 1. The maximum absolute atomic E-state index is 12.5. The maximum atomic E-state index is 12.5. The first-order chi connectivity index (χ1) is 9.05. The number of alkyl halides is 3. The van der Waals surface area contributed by atoms with Crippen molar-refractivity contribution in [3.63, 3.8) is 0 Å². The van der Waals surface area contributed by atoms with Gasteiger partial charge in [-0.3, -0.25) is 0 Å². The lowest BCUT2D eigenvalue weighted by Crippen LogP contribution is -2.03. The van der Waals surface area contributed by atoms with Crippen LogP contribution in [0.1, 0.15) is 5.56 Å². The highest BCUT2D eigenvalue weighted by molar-refractivity contribution is 7.16. The van der Waals surface area contributed by atoms with Crippen LogP contribution in [0.15, 0.2) is 48.0 Å². The predicted octanol–water partition coefficient (Wildman–Crippen LogP) is 4.98. The minimum absolute atomic E-state index is 0.637. The Kier molecular flexibility index (Phi) is 2.78. The zero-order valence-corrected chi connectivity index (χ0v) is 10.4. The van der Waals surface area contributed by atoms with E-state index in [4.69, 9.17) is 0 Å². The second-order valence-corrected chi connectivity index (χ2v) is 4.97. The number of halogens is 3. The number of rotatable bonds is 1. The summed E-state index contributed by atoms with van der Waals surface area (Å²) in [4.78, 5) is 4.26. The molecule has 0 fully saturated rings. The predicted molar refractivity (Wildman–Crippen MR) is 70.1 cm³/mol. The number of nitrogens with zero attached hydrogens (tertiary/aromatic N) is 1. The fourth-order valence-electron chi connectivity index (χ4n) is 1.96. The van der Waals surface area contributed by atoms with Crippen LogP contribution in [0.3, 0.4) is 0 Å². The van der Waals surface area contributed by atoms with Crippen LogP contribution in [0, 0.1) is 0 Å². The smallest absolute Gasteiger partial charge is 0.244 e. The number of benzene rings is 2. The van der Waals surface area contributed by atoms with Crippen molar-refractivity contribution in [3.8, 4) is 11.1 Å². The lowest BCUT2D eigenvalue weighted by molar-refractivity contribution is -0.137. The molecule has 3 aromatic rings. The number of hydrogen-bond donors (Lipinski definition) is 0. The van der Waals surface area contributed by atoms with E-state index in [1.165, 1.54) is 23.5 Å². The first-order valence-corrected chi connectivity index (χ1v) is 6.43. The lowest BCUT2D eigenvalue weighted by atomic mass is 10.0. The quantitative estimate of drug-likeness (QED) is 0.612. The molecule has 5 heteroatoms. The summed E-state index contributed by atoms with van der Waals surface area (Å²) in [5.41, 5.74) is 3.52. The van der Waals surface area contributed by atoms with Gasteiger partial charge in [0, 0.05) is 5.56 Å². The van der Waals surface area contributed by atoms with Crippen molar-refractivity contribution in [3.05, 3.63) is 53.5 Å². The second kappa shape index (κ2) is 4.35. The van der Waals surface area contributed by atoms with E-state index < -0.39 is 11.7 Å². The van der Waals surface area contributed by atoms with Crippen LogP contribution in [0.2, 0.25) is 0 Å². The number of thiazole rings is 1. The van der Waals surface area contributed by atoms with Gasteiger partial charge in [-0.1, -0.05) is 24.3 Å². The average Bonchev–Trinajstić information content (AvgIpc) is 2.86. The van der Waals surface area contributed by atoms with Crippen molar-refractivity contribution >= 4 is 21.6 Å². The highest BCUT2D eigenvalue weighted by Crippen LogP contribution is 2.33. The van der Waals surface area contributed by atoms with Crippen LogP contribution in [0.4, 0.5) is 13.2 Å². The van der Waals surface area contributed by atoms with Crippen molar-refractivity contribution in [1.82, 2.24) is 4.98 Å². The summed E-state index contributed by atoms with van der Waals surface area (Å²) >= 11 is 1.51. The van der Waals surface area contributed by atoms with Gasteiger partial charge in [0.1, 0.15) is 0 Å². The Labute approximate surface area is 111 Å². The normalized spacial score (nSPS) is 11.9. The van der Waals surface area contributed by atoms with E-state index in [-0.39, 0.29) is 0 Å². The zero-order chi connectivity index (χ0) is 13.5. The van der Waals surface area contributed by atoms with Gasteiger partial charge in [-0.2, -0.15) is 13.2 Å². The third kappa shape index (κ3) is 2.21. The molecule has 2 aromatic carbocycles. The summed E-state index contributed by atoms with van der Waals surface area (Å²) in [5.74, 6) is 0. The van der Waals surface area contributed by atoms with Gasteiger partial charge in [0.05, 0.1) is 21.3 Å². The lowest BCUT2D eigenvalue weighted by Gasteiger charge is -2.08. The van der Waals surface area contributed by atoms with Crippen molar-refractivity contribution in [2.24, 2.45) is 0 Å². The molecule has 0 N–H and O–H groups in total. The molecule has 0 saturated heterocycles. The number of fused-ring (bicyclic) bond motifs is 1. The molecule has 19 heavy (non-hydrogen) atoms. The summed E-state index contributed by atoms with van der Waals surface area (Å²) < 4.78 is 38.6. The summed E-state index contributed by atoms with van der Waals surface area (Å²) in [6.07, 6.45) is -4.30. The van der Waals surface area contributed by atoms with Gasteiger partial charge < -0.3 is 0 Å². The molecule has 1 aromatic heterocycles. The van der Waals surface area contributed by atoms with Crippen molar-refractivity contribution < 1.29 is 13.2 Å².